The first-order valence-corrected chi connectivity index (χ1v) is 11.2. The van der Waals surface area contributed by atoms with Gasteiger partial charge in [-0.3, -0.25) is 10.00 Å². The van der Waals surface area contributed by atoms with Crippen molar-refractivity contribution in [1.82, 2.24) is 44.8 Å². The van der Waals surface area contributed by atoms with Crippen molar-refractivity contribution in [3.8, 4) is 11.3 Å². The lowest BCUT2D eigenvalue weighted by Gasteiger charge is -2.26. The Morgan fingerprint density at radius 1 is 1.09 bits per heavy atom. The molecule has 4 aromatic heterocycles. The molecule has 0 bridgehead atoms. The number of nitrogen functional groups attached to an aromatic ring is 1. The molecule has 0 spiro atoms. The highest BCUT2D eigenvalue weighted by atomic mass is 16.5. The number of hydrogen-bond donors (Lipinski definition) is 2. The van der Waals surface area contributed by atoms with Gasteiger partial charge in [-0.1, -0.05) is 12.1 Å². The van der Waals surface area contributed by atoms with Crippen LogP contribution in [0.1, 0.15) is 17.1 Å². The van der Waals surface area contributed by atoms with Crippen LogP contribution in [0.2, 0.25) is 0 Å². The minimum atomic E-state index is 0.352. The van der Waals surface area contributed by atoms with Crippen LogP contribution in [0.4, 0.5) is 5.82 Å². The maximum Gasteiger partial charge on any atom is 0.164 e. The van der Waals surface area contributed by atoms with Gasteiger partial charge in [0.25, 0.3) is 0 Å². The van der Waals surface area contributed by atoms with Crippen LogP contribution >= 0.6 is 0 Å². The Balaban J connectivity index is 1.45. The highest BCUT2D eigenvalue weighted by Gasteiger charge is 2.20. The fourth-order valence-corrected chi connectivity index (χ4v) is 4.51. The summed E-state index contributed by atoms with van der Waals surface area (Å²) in [6.07, 6.45) is 4.92. The van der Waals surface area contributed by atoms with E-state index >= 15 is 0 Å². The first-order valence-electron chi connectivity index (χ1n) is 11.2. The number of fused-ring (bicyclic) bond motifs is 2. The molecule has 1 aliphatic rings. The molecule has 0 saturated carbocycles. The molecule has 1 fully saturated rings. The normalized spacial score (nSPS) is 14.9. The second kappa shape index (κ2) is 8.43. The fraction of sp³-hybridized carbons (Fsp3) is 0.304. The summed E-state index contributed by atoms with van der Waals surface area (Å²) in [5.41, 5.74) is 11.4. The zero-order valence-electron chi connectivity index (χ0n) is 18.8. The quantitative estimate of drug-likeness (QED) is 0.406. The minimum absolute atomic E-state index is 0.352. The number of aromatic nitrogens is 8. The lowest BCUT2D eigenvalue weighted by molar-refractivity contribution is 0.0338. The zero-order chi connectivity index (χ0) is 23.1. The van der Waals surface area contributed by atoms with E-state index in [1.807, 2.05) is 12.1 Å². The number of aromatic amines is 1. The molecule has 0 unspecified atom stereocenters. The molecule has 5 heterocycles. The van der Waals surface area contributed by atoms with E-state index in [0.29, 0.717) is 34.9 Å². The van der Waals surface area contributed by atoms with Crippen LogP contribution in [0.25, 0.3) is 33.2 Å². The molecule has 3 N–H and O–H groups in total. The maximum atomic E-state index is 6.21. The highest BCUT2D eigenvalue weighted by molar-refractivity contribution is 5.98. The van der Waals surface area contributed by atoms with Crippen LogP contribution in [0, 0.1) is 6.92 Å². The van der Waals surface area contributed by atoms with Gasteiger partial charge in [0.1, 0.15) is 24.4 Å². The van der Waals surface area contributed by atoms with Crippen molar-refractivity contribution >= 4 is 27.8 Å². The van der Waals surface area contributed by atoms with Crippen molar-refractivity contribution < 1.29 is 4.74 Å². The van der Waals surface area contributed by atoms with Crippen molar-refractivity contribution in [3.05, 3.63) is 54.0 Å². The Morgan fingerprint density at radius 2 is 1.97 bits per heavy atom. The smallest absolute Gasteiger partial charge is 0.164 e. The Kier molecular flexibility index (Phi) is 5.12. The van der Waals surface area contributed by atoms with Crippen LogP contribution < -0.4 is 5.73 Å². The molecule has 0 radical (unpaired) electrons. The van der Waals surface area contributed by atoms with E-state index in [-0.39, 0.29) is 0 Å². The molecule has 1 aliphatic heterocycles. The number of H-pyrrole nitrogens is 1. The van der Waals surface area contributed by atoms with Gasteiger partial charge >= 0.3 is 0 Å². The largest absolute Gasteiger partial charge is 0.383 e. The molecule has 11 heteroatoms. The molecular weight excluding hydrogens is 432 g/mol. The predicted octanol–water partition coefficient (Wildman–Crippen LogP) is 1.93. The summed E-state index contributed by atoms with van der Waals surface area (Å²) in [7, 11) is 0. The number of benzene rings is 1. The molecule has 6 rings (SSSR count). The monoisotopic (exact) mass is 456 g/mol. The molecule has 34 heavy (non-hydrogen) atoms. The first kappa shape index (κ1) is 20.6. The maximum absolute atomic E-state index is 6.21. The lowest BCUT2D eigenvalue weighted by Crippen LogP contribution is -2.36. The topological polar surface area (TPSA) is 137 Å². The van der Waals surface area contributed by atoms with E-state index in [1.165, 1.54) is 11.9 Å². The number of anilines is 1. The Labute approximate surface area is 195 Å². The molecule has 1 aromatic carbocycles. The van der Waals surface area contributed by atoms with Gasteiger partial charge in [0.05, 0.1) is 36.0 Å². The van der Waals surface area contributed by atoms with Gasteiger partial charge in [-0.15, -0.1) is 0 Å². The molecule has 0 aliphatic carbocycles. The van der Waals surface area contributed by atoms with Gasteiger partial charge in [0, 0.05) is 36.8 Å². The minimum Gasteiger partial charge on any atom is -0.383 e. The van der Waals surface area contributed by atoms with E-state index in [2.05, 4.69) is 38.1 Å². The molecule has 172 valence electrons. The standard InChI is InChI=1S/C23H24N10O/c1-14-3-2-4-16-19(14)17(11-32-5-7-34-8-6-32)30-18(29-16)12-33-23-20(22(24)25-13-26-23)21(31-33)15-9-27-28-10-15/h2-4,9-10,13H,5-8,11-12H2,1H3,(H,27,28)(H2,24,25,26). The average molecular weight is 457 g/mol. The lowest BCUT2D eigenvalue weighted by atomic mass is 10.1. The van der Waals surface area contributed by atoms with Crippen LogP contribution in [0.5, 0.6) is 0 Å². The Morgan fingerprint density at radius 3 is 2.79 bits per heavy atom. The van der Waals surface area contributed by atoms with Gasteiger partial charge in [-0.25, -0.2) is 24.6 Å². The van der Waals surface area contributed by atoms with E-state index in [9.17, 15) is 0 Å². The van der Waals surface area contributed by atoms with Gasteiger partial charge < -0.3 is 10.5 Å². The summed E-state index contributed by atoms with van der Waals surface area (Å²) in [5.74, 6) is 1.04. The number of hydrogen-bond acceptors (Lipinski definition) is 9. The molecule has 11 nitrogen and oxygen atoms in total. The summed E-state index contributed by atoms with van der Waals surface area (Å²) in [6.45, 7) is 6.46. The van der Waals surface area contributed by atoms with E-state index in [0.717, 1.165) is 55.0 Å². The van der Waals surface area contributed by atoms with Crippen molar-refractivity contribution in [3.63, 3.8) is 0 Å². The zero-order valence-corrected chi connectivity index (χ0v) is 18.8. The van der Waals surface area contributed by atoms with E-state index < -0.39 is 0 Å². The highest BCUT2D eigenvalue weighted by Crippen LogP contribution is 2.30. The summed E-state index contributed by atoms with van der Waals surface area (Å²) < 4.78 is 7.30. The van der Waals surface area contributed by atoms with Crippen LogP contribution in [-0.2, 0) is 17.8 Å². The number of nitrogens with two attached hydrogens (primary N) is 1. The third-order valence-corrected chi connectivity index (χ3v) is 6.15. The van der Waals surface area contributed by atoms with Crippen LogP contribution in [-0.4, -0.2) is 71.1 Å². The van der Waals surface area contributed by atoms with E-state index in [4.69, 9.17) is 25.5 Å². The second-order valence-electron chi connectivity index (χ2n) is 8.39. The van der Waals surface area contributed by atoms with Gasteiger partial charge in [0.15, 0.2) is 11.5 Å². The number of nitrogens with one attached hydrogen (secondary N) is 1. The summed E-state index contributed by atoms with van der Waals surface area (Å²) in [6, 6.07) is 6.17. The van der Waals surface area contributed by atoms with Crippen molar-refractivity contribution in [2.75, 3.05) is 32.0 Å². The number of nitrogens with zero attached hydrogens (tertiary/aromatic N) is 8. The van der Waals surface area contributed by atoms with Gasteiger partial charge in [-0.2, -0.15) is 10.2 Å². The first-order chi connectivity index (χ1) is 16.7. The molecule has 0 atom stereocenters. The number of ether oxygens (including phenoxy) is 1. The summed E-state index contributed by atoms with van der Waals surface area (Å²) in [4.78, 5) is 20.9. The van der Waals surface area contributed by atoms with Crippen molar-refractivity contribution in [1.29, 1.82) is 0 Å². The van der Waals surface area contributed by atoms with Crippen molar-refractivity contribution in [2.24, 2.45) is 0 Å². The molecule has 5 aromatic rings. The van der Waals surface area contributed by atoms with E-state index in [1.54, 1.807) is 17.1 Å². The van der Waals surface area contributed by atoms with Crippen LogP contribution in [0.3, 0.4) is 0 Å². The average Bonchev–Trinajstić information content (AvgIpc) is 3.49. The third-order valence-electron chi connectivity index (χ3n) is 6.15. The number of aryl methyl sites for hydroxylation is 1. The Hall–Kier alpha value is -3.96. The number of rotatable bonds is 5. The SMILES string of the molecule is Cc1cccc2nc(Cn3nc(-c4cn[nH]c4)c4c(N)ncnc43)nc(CN3CCOCC3)c12. The second-order valence-corrected chi connectivity index (χ2v) is 8.39. The molecule has 1 saturated heterocycles. The molecule has 0 amide bonds. The summed E-state index contributed by atoms with van der Waals surface area (Å²) >= 11 is 0. The molecular formula is C23H24N10O. The van der Waals surface area contributed by atoms with Gasteiger partial charge in [0.2, 0.25) is 0 Å². The Bertz CT molecular complexity index is 1470. The number of morpholine rings is 1. The van der Waals surface area contributed by atoms with Crippen molar-refractivity contribution in [2.45, 2.75) is 20.0 Å². The fourth-order valence-electron chi connectivity index (χ4n) is 4.51. The van der Waals surface area contributed by atoms with Crippen LogP contribution in [0.15, 0.2) is 36.9 Å². The van der Waals surface area contributed by atoms with Gasteiger partial charge in [-0.05, 0) is 18.6 Å². The summed E-state index contributed by atoms with van der Waals surface area (Å²) in [5, 5.41) is 13.5. The third kappa shape index (κ3) is 3.64. The predicted molar refractivity (Wildman–Crippen MR) is 127 cm³/mol.